The van der Waals surface area contributed by atoms with Gasteiger partial charge >= 0.3 is 0 Å². The third-order valence-electron chi connectivity index (χ3n) is 2.93. The fraction of sp³-hybridized carbons (Fsp3) is 0.143. The summed E-state index contributed by atoms with van der Waals surface area (Å²) in [5, 5.41) is 1.15. The Hall–Kier alpha value is -0.580. The van der Waals surface area contributed by atoms with Crippen molar-refractivity contribution >= 4 is 39.1 Å². The second-order valence-electron chi connectivity index (χ2n) is 4.19. The third kappa shape index (κ3) is 3.71. The molecule has 2 nitrogen and oxygen atoms in total. The maximum Gasteiger partial charge on any atom is 0.0624 e. The van der Waals surface area contributed by atoms with Crippen molar-refractivity contribution < 1.29 is 0 Å². The van der Waals surface area contributed by atoms with Crippen molar-refractivity contribution in [3.8, 4) is 0 Å². The standard InChI is InChI=1S/C14H13BrCl2N2/c15-11-6-4-9(5-7-11)13(19-18)8-10-2-1-3-12(16)14(10)17/h1-7,13,19H,8,18H2. The highest BCUT2D eigenvalue weighted by molar-refractivity contribution is 9.10. The van der Waals surface area contributed by atoms with Crippen LogP contribution in [0.25, 0.3) is 0 Å². The summed E-state index contributed by atoms with van der Waals surface area (Å²) in [4.78, 5) is 0. The van der Waals surface area contributed by atoms with Crippen LogP contribution in [0.2, 0.25) is 10.0 Å². The summed E-state index contributed by atoms with van der Waals surface area (Å²) < 4.78 is 1.04. The van der Waals surface area contributed by atoms with Gasteiger partial charge in [0, 0.05) is 4.47 Å². The van der Waals surface area contributed by atoms with Crippen molar-refractivity contribution in [2.75, 3.05) is 0 Å². The summed E-state index contributed by atoms with van der Waals surface area (Å²) in [5.74, 6) is 5.64. The summed E-state index contributed by atoms with van der Waals surface area (Å²) in [7, 11) is 0. The van der Waals surface area contributed by atoms with Crippen LogP contribution >= 0.6 is 39.1 Å². The average molecular weight is 360 g/mol. The van der Waals surface area contributed by atoms with Gasteiger partial charge in [-0.2, -0.15) is 0 Å². The van der Waals surface area contributed by atoms with E-state index >= 15 is 0 Å². The van der Waals surface area contributed by atoms with Crippen molar-refractivity contribution in [1.82, 2.24) is 5.43 Å². The Labute approximate surface area is 131 Å². The monoisotopic (exact) mass is 358 g/mol. The molecule has 0 radical (unpaired) electrons. The summed E-state index contributed by atoms with van der Waals surface area (Å²) in [6.45, 7) is 0. The van der Waals surface area contributed by atoms with Crippen LogP contribution in [0, 0.1) is 0 Å². The highest BCUT2D eigenvalue weighted by Gasteiger charge is 2.13. The van der Waals surface area contributed by atoms with E-state index in [2.05, 4.69) is 21.4 Å². The number of hydrogen-bond acceptors (Lipinski definition) is 2. The maximum atomic E-state index is 6.20. The zero-order valence-electron chi connectivity index (χ0n) is 10.0. The molecular formula is C14H13BrCl2N2. The Morgan fingerprint density at radius 2 is 1.79 bits per heavy atom. The largest absolute Gasteiger partial charge is 0.271 e. The predicted molar refractivity (Wildman–Crippen MR) is 84.4 cm³/mol. The van der Waals surface area contributed by atoms with Gasteiger partial charge in [0.1, 0.15) is 0 Å². The average Bonchev–Trinajstić information content (AvgIpc) is 2.42. The van der Waals surface area contributed by atoms with Gasteiger partial charge in [-0.15, -0.1) is 0 Å². The van der Waals surface area contributed by atoms with Crippen molar-refractivity contribution in [3.63, 3.8) is 0 Å². The first-order chi connectivity index (χ1) is 9.11. The zero-order chi connectivity index (χ0) is 13.8. The quantitative estimate of drug-likeness (QED) is 0.622. The molecule has 100 valence electrons. The lowest BCUT2D eigenvalue weighted by molar-refractivity contribution is 0.552. The Balaban J connectivity index is 2.24. The highest BCUT2D eigenvalue weighted by atomic mass is 79.9. The minimum atomic E-state index is -0.0101. The molecule has 1 unspecified atom stereocenters. The highest BCUT2D eigenvalue weighted by Crippen LogP contribution is 2.29. The Bertz CT molecular complexity index is 558. The first-order valence-electron chi connectivity index (χ1n) is 5.76. The lowest BCUT2D eigenvalue weighted by Crippen LogP contribution is -2.29. The van der Waals surface area contributed by atoms with Crippen LogP contribution in [0.4, 0.5) is 0 Å². The van der Waals surface area contributed by atoms with Crippen LogP contribution in [0.15, 0.2) is 46.9 Å². The number of nitrogens with one attached hydrogen (secondary N) is 1. The van der Waals surface area contributed by atoms with E-state index in [1.54, 1.807) is 6.07 Å². The molecule has 0 spiro atoms. The number of halogens is 3. The topological polar surface area (TPSA) is 38.0 Å². The molecule has 0 aromatic heterocycles. The minimum absolute atomic E-state index is 0.0101. The van der Waals surface area contributed by atoms with E-state index in [0.29, 0.717) is 16.5 Å². The van der Waals surface area contributed by atoms with Crippen molar-refractivity contribution in [3.05, 3.63) is 68.1 Å². The van der Waals surface area contributed by atoms with Gasteiger partial charge in [0.05, 0.1) is 16.1 Å². The summed E-state index contributed by atoms with van der Waals surface area (Å²) >= 11 is 15.6. The van der Waals surface area contributed by atoms with Crippen LogP contribution in [-0.4, -0.2) is 0 Å². The fourth-order valence-corrected chi connectivity index (χ4v) is 2.56. The molecule has 19 heavy (non-hydrogen) atoms. The number of benzene rings is 2. The molecule has 0 amide bonds. The van der Waals surface area contributed by atoms with E-state index in [1.165, 1.54) is 0 Å². The van der Waals surface area contributed by atoms with Gasteiger partial charge in [-0.25, -0.2) is 0 Å². The third-order valence-corrected chi connectivity index (χ3v) is 4.32. The number of nitrogens with two attached hydrogens (primary N) is 1. The van der Waals surface area contributed by atoms with E-state index in [0.717, 1.165) is 15.6 Å². The molecule has 0 saturated carbocycles. The summed E-state index contributed by atoms with van der Waals surface area (Å²) in [6.07, 6.45) is 0.678. The SMILES string of the molecule is NNC(Cc1cccc(Cl)c1Cl)c1ccc(Br)cc1. The number of rotatable bonds is 4. The molecule has 3 N–H and O–H groups in total. The second kappa shape index (κ2) is 6.73. The Morgan fingerprint density at radius 1 is 1.11 bits per heavy atom. The van der Waals surface area contributed by atoms with Crippen LogP contribution in [0.3, 0.4) is 0 Å². The van der Waals surface area contributed by atoms with Gasteiger partial charge < -0.3 is 0 Å². The van der Waals surface area contributed by atoms with Crippen molar-refractivity contribution in [2.24, 2.45) is 5.84 Å². The molecule has 2 aromatic rings. The summed E-state index contributed by atoms with van der Waals surface area (Å²) in [6, 6.07) is 13.6. The molecule has 0 fully saturated rings. The molecule has 1 atom stereocenters. The fourth-order valence-electron chi connectivity index (χ4n) is 1.89. The van der Waals surface area contributed by atoms with Crippen molar-refractivity contribution in [1.29, 1.82) is 0 Å². The molecular weight excluding hydrogens is 347 g/mol. The van der Waals surface area contributed by atoms with Crippen molar-refractivity contribution in [2.45, 2.75) is 12.5 Å². The van der Waals surface area contributed by atoms with Crippen LogP contribution in [0.5, 0.6) is 0 Å². The maximum absolute atomic E-state index is 6.20. The lowest BCUT2D eigenvalue weighted by Gasteiger charge is -2.17. The summed E-state index contributed by atoms with van der Waals surface area (Å²) in [5.41, 5.74) is 4.89. The van der Waals surface area contributed by atoms with Gasteiger partial charge in [-0.05, 0) is 35.7 Å². The van der Waals surface area contributed by atoms with E-state index in [-0.39, 0.29) is 6.04 Å². The normalized spacial score (nSPS) is 12.4. The smallest absolute Gasteiger partial charge is 0.0624 e. The molecule has 2 rings (SSSR count). The van der Waals surface area contributed by atoms with E-state index in [9.17, 15) is 0 Å². The van der Waals surface area contributed by atoms with Gasteiger partial charge in [0.25, 0.3) is 0 Å². The van der Waals surface area contributed by atoms with Crippen LogP contribution in [-0.2, 0) is 6.42 Å². The predicted octanol–water partition coefficient (Wildman–Crippen LogP) is 4.50. The Kier molecular flexibility index (Phi) is 5.25. The zero-order valence-corrected chi connectivity index (χ0v) is 13.1. The molecule has 2 aromatic carbocycles. The van der Waals surface area contributed by atoms with E-state index < -0.39 is 0 Å². The first kappa shape index (κ1) is 14.8. The van der Waals surface area contributed by atoms with E-state index in [1.807, 2.05) is 36.4 Å². The second-order valence-corrected chi connectivity index (χ2v) is 5.89. The lowest BCUT2D eigenvalue weighted by atomic mass is 9.99. The van der Waals surface area contributed by atoms with E-state index in [4.69, 9.17) is 29.0 Å². The minimum Gasteiger partial charge on any atom is -0.271 e. The van der Waals surface area contributed by atoms with Crippen LogP contribution < -0.4 is 11.3 Å². The molecule has 0 aliphatic heterocycles. The first-order valence-corrected chi connectivity index (χ1v) is 7.31. The Morgan fingerprint density at radius 3 is 2.42 bits per heavy atom. The molecule has 0 saturated heterocycles. The molecule has 5 heteroatoms. The number of hydrazine groups is 1. The van der Waals surface area contributed by atoms with Gasteiger partial charge in [0.15, 0.2) is 0 Å². The number of hydrogen-bond donors (Lipinski definition) is 2. The molecule has 0 aliphatic carbocycles. The molecule has 0 aliphatic rings. The molecule has 0 heterocycles. The molecule has 0 bridgehead atoms. The van der Waals surface area contributed by atoms with Gasteiger partial charge in [0.2, 0.25) is 0 Å². The van der Waals surface area contributed by atoms with Gasteiger partial charge in [-0.3, -0.25) is 11.3 Å². The van der Waals surface area contributed by atoms with Gasteiger partial charge in [-0.1, -0.05) is 63.4 Å². The van der Waals surface area contributed by atoms with Crippen LogP contribution in [0.1, 0.15) is 17.2 Å².